The number of carboxylic acid groups (broad SMARTS) is 1. The lowest BCUT2D eigenvalue weighted by atomic mass is 10.2. The Bertz CT molecular complexity index is 728. The number of benzene rings is 1. The number of anilines is 2. The molecule has 0 aliphatic rings. The quantitative estimate of drug-likeness (QED) is 0.877. The van der Waals surface area contributed by atoms with Crippen molar-refractivity contribution in [2.75, 3.05) is 5.32 Å². The molecule has 2 aromatic rings. The first-order valence-electron chi connectivity index (χ1n) is 5.37. The summed E-state index contributed by atoms with van der Waals surface area (Å²) in [6, 6.07) is 8.17. The number of carbonyl (C=O) groups is 1. The summed E-state index contributed by atoms with van der Waals surface area (Å²) in [5, 5.41) is 21.0. The van der Waals surface area contributed by atoms with Crippen LogP contribution in [0, 0.1) is 11.3 Å². The SMILES string of the molecule is N#Cc1ccnc(Nc2ccc(Br)c(C(=O)O)c2)c1Cl. The second-order valence-corrected chi connectivity index (χ2v) is 4.99. The number of rotatable bonds is 3. The molecule has 5 nitrogen and oxygen atoms in total. The molecule has 0 saturated heterocycles. The second kappa shape index (κ2) is 5.90. The Labute approximate surface area is 128 Å². The molecular formula is C13H7BrClN3O2. The van der Waals surface area contributed by atoms with E-state index >= 15 is 0 Å². The van der Waals surface area contributed by atoms with Crippen LogP contribution in [0.4, 0.5) is 11.5 Å². The standard InChI is InChI=1S/C13H7BrClN3O2/c14-10-2-1-8(5-9(10)13(19)20)18-12-11(15)7(6-16)3-4-17-12/h1-5H,(H,17,18)(H,19,20). The number of nitrogens with one attached hydrogen (secondary N) is 1. The van der Waals surface area contributed by atoms with Crippen LogP contribution in [0.25, 0.3) is 0 Å². The minimum absolute atomic E-state index is 0.113. The molecular weight excluding hydrogens is 346 g/mol. The molecule has 0 fully saturated rings. The third kappa shape index (κ3) is 2.90. The van der Waals surface area contributed by atoms with E-state index < -0.39 is 5.97 Å². The molecule has 1 aromatic carbocycles. The fraction of sp³-hybridized carbons (Fsp3) is 0. The largest absolute Gasteiger partial charge is 0.478 e. The van der Waals surface area contributed by atoms with Gasteiger partial charge in [0, 0.05) is 16.4 Å². The molecule has 100 valence electrons. The number of aromatic carboxylic acids is 1. The number of aromatic nitrogens is 1. The Balaban J connectivity index is 2.39. The molecule has 2 rings (SSSR count). The fourth-order valence-corrected chi connectivity index (χ4v) is 2.14. The average Bonchev–Trinajstić information content (AvgIpc) is 2.43. The molecule has 0 spiro atoms. The molecule has 0 unspecified atom stereocenters. The van der Waals surface area contributed by atoms with Gasteiger partial charge in [-0.15, -0.1) is 0 Å². The molecule has 0 saturated carbocycles. The van der Waals surface area contributed by atoms with Gasteiger partial charge in [0.05, 0.1) is 11.1 Å². The Morgan fingerprint density at radius 2 is 2.20 bits per heavy atom. The van der Waals surface area contributed by atoms with E-state index in [0.717, 1.165) is 0 Å². The van der Waals surface area contributed by atoms with E-state index in [2.05, 4.69) is 26.2 Å². The predicted octanol–water partition coefficient (Wildman–Crippen LogP) is 3.81. The van der Waals surface area contributed by atoms with E-state index in [9.17, 15) is 4.79 Å². The van der Waals surface area contributed by atoms with Crippen molar-refractivity contribution < 1.29 is 9.90 Å². The lowest BCUT2D eigenvalue weighted by molar-refractivity contribution is 0.0696. The van der Waals surface area contributed by atoms with Gasteiger partial charge in [0.1, 0.15) is 11.1 Å². The maximum absolute atomic E-state index is 11.1. The van der Waals surface area contributed by atoms with Crippen molar-refractivity contribution in [3.05, 3.63) is 51.1 Å². The Morgan fingerprint density at radius 3 is 2.85 bits per heavy atom. The first-order chi connectivity index (χ1) is 9.52. The third-order valence-electron chi connectivity index (χ3n) is 2.47. The zero-order valence-corrected chi connectivity index (χ0v) is 12.2. The van der Waals surface area contributed by atoms with Crippen molar-refractivity contribution in [1.29, 1.82) is 5.26 Å². The van der Waals surface area contributed by atoms with Crippen molar-refractivity contribution in [3.8, 4) is 6.07 Å². The first kappa shape index (κ1) is 14.3. The van der Waals surface area contributed by atoms with Crippen LogP contribution >= 0.6 is 27.5 Å². The lowest BCUT2D eigenvalue weighted by Gasteiger charge is -2.09. The summed E-state index contributed by atoms with van der Waals surface area (Å²) in [7, 11) is 0. The first-order valence-corrected chi connectivity index (χ1v) is 6.54. The van der Waals surface area contributed by atoms with Gasteiger partial charge in [-0.05, 0) is 40.2 Å². The number of halogens is 2. The van der Waals surface area contributed by atoms with Gasteiger partial charge < -0.3 is 10.4 Å². The van der Waals surface area contributed by atoms with Crippen LogP contribution in [0.3, 0.4) is 0 Å². The van der Waals surface area contributed by atoms with Crippen LogP contribution in [0.5, 0.6) is 0 Å². The van der Waals surface area contributed by atoms with E-state index in [4.69, 9.17) is 22.0 Å². The number of hydrogen-bond donors (Lipinski definition) is 2. The Morgan fingerprint density at radius 1 is 1.45 bits per heavy atom. The summed E-state index contributed by atoms with van der Waals surface area (Å²) in [5.74, 6) is -0.755. The molecule has 2 N–H and O–H groups in total. The summed E-state index contributed by atoms with van der Waals surface area (Å²) >= 11 is 9.18. The molecule has 1 heterocycles. The summed E-state index contributed by atoms with van der Waals surface area (Å²) in [6.07, 6.45) is 1.45. The third-order valence-corrected chi connectivity index (χ3v) is 3.54. The summed E-state index contributed by atoms with van der Waals surface area (Å²) in [6.45, 7) is 0. The molecule has 0 amide bonds. The van der Waals surface area contributed by atoms with E-state index in [-0.39, 0.29) is 10.6 Å². The Kier molecular flexibility index (Phi) is 4.23. The van der Waals surface area contributed by atoms with Gasteiger partial charge in [-0.1, -0.05) is 11.6 Å². The van der Waals surface area contributed by atoms with Crippen LogP contribution in [-0.2, 0) is 0 Å². The molecule has 20 heavy (non-hydrogen) atoms. The lowest BCUT2D eigenvalue weighted by Crippen LogP contribution is -2.01. The highest BCUT2D eigenvalue weighted by molar-refractivity contribution is 9.10. The molecule has 0 bridgehead atoms. The van der Waals surface area contributed by atoms with Gasteiger partial charge in [0.15, 0.2) is 5.82 Å². The maximum atomic E-state index is 11.1. The molecule has 7 heteroatoms. The van der Waals surface area contributed by atoms with Crippen molar-refractivity contribution in [3.63, 3.8) is 0 Å². The van der Waals surface area contributed by atoms with Gasteiger partial charge >= 0.3 is 5.97 Å². The maximum Gasteiger partial charge on any atom is 0.336 e. The van der Waals surface area contributed by atoms with Crippen molar-refractivity contribution in [1.82, 2.24) is 4.98 Å². The number of hydrogen-bond acceptors (Lipinski definition) is 4. The second-order valence-electron chi connectivity index (χ2n) is 3.76. The monoisotopic (exact) mass is 351 g/mol. The molecule has 1 aromatic heterocycles. The van der Waals surface area contributed by atoms with Crippen LogP contribution < -0.4 is 5.32 Å². The van der Waals surface area contributed by atoms with Crippen LogP contribution in [0.2, 0.25) is 5.02 Å². The van der Waals surface area contributed by atoms with Gasteiger partial charge in [0.2, 0.25) is 0 Å². The molecule has 0 atom stereocenters. The fourth-order valence-electron chi connectivity index (χ4n) is 1.52. The number of nitriles is 1. The van der Waals surface area contributed by atoms with Crippen molar-refractivity contribution in [2.45, 2.75) is 0 Å². The average molecular weight is 353 g/mol. The van der Waals surface area contributed by atoms with E-state index in [1.165, 1.54) is 18.3 Å². The highest BCUT2D eigenvalue weighted by Crippen LogP contribution is 2.28. The van der Waals surface area contributed by atoms with Gasteiger partial charge in [-0.3, -0.25) is 0 Å². The number of pyridine rings is 1. The van der Waals surface area contributed by atoms with E-state index in [1.807, 2.05) is 6.07 Å². The van der Waals surface area contributed by atoms with Crippen LogP contribution in [0.1, 0.15) is 15.9 Å². The van der Waals surface area contributed by atoms with Crippen molar-refractivity contribution >= 4 is 45.0 Å². The summed E-state index contributed by atoms with van der Waals surface area (Å²) in [5.41, 5.74) is 0.914. The molecule has 0 radical (unpaired) electrons. The molecule has 0 aliphatic heterocycles. The molecule has 0 aliphatic carbocycles. The van der Waals surface area contributed by atoms with Crippen LogP contribution in [0.15, 0.2) is 34.9 Å². The highest BCUT2D eigenvalue weighted by atomic mass is 79.9. The van der Waals surface area contributed by atoms with E-state index in [0.29, 0.717) is 21.5 Å². The summed E-state index contributed by atoms with van der Waals surface area (Å²) < 4.78 is 0.473. The predicted molar refractivity (Wildman–Crippen MR) is 78.3 cm³/mol. The van der Waals surface area contributed by atoms with Gasteiger partial charge in [-0.2, -0.15) is 5.26 Å². The smallest absolute Gasteiger partial charge is 0.336 e. The van der Waals surface area contributed by atoms with Crippen LogP contribution in [-0.4, -0.2) is 16.1 Å². The van der Waals surface area contributed by atoms with Gasteiger partial charge in [-0.25, -0.2) is 9.78 Å². The summed E-state index contributed by atoms with van der Waals surface area (Å²) in [4.78, 5) is 15.1. The number of nitrogens with zero attached hydrogens (tertiary/aromatic N) is 2. The van der Waals surface area contributed by atoms with Gasteiger partial charge in [0.25, 0.3) is 0 Å². The minimum Gasteiger partial charge on any atom is -0.478 e. The normalized spacial score (nSPS) is 9.85. The number of carboxylic acids is 1. The highest BCUT2D eigenvalue weighted by Gasteiger charge is 2.11. The Hall–Kier alpha value is -2.10. The minimum atomic E-state index is -1.05. The topological polar surface area (TPSA) is 86.0 Å². The van der Waals surface area contributed by atoms with Crippen molar-refractivity contribution in [2.24, 2.45) is 0 Å². The van der Waals surface area contributed by atoms with E-state index in [1.54, 1.807) is 12.1 Å². The zero-order valence-electron chi connectivity index (χ0n) is 9.89. The zero-order chi connectivity index (χ0) is 14.7.